The molecule has 2 aromatic rings. The molecule has 0 aromatic heterocycles. The smallest absolute Gasteiger partial charge is 0.191 e. The van der Waals surface area contributed by atoms with E-state index in [0.717, 1.165) is 22.6 Å². The number of nitrogens with zero attached hydrogens (tertiary/aromatic N) is 1. The summed E-state index contributed by atoms with van der Waals surface area (Å²) in [6.07, 6.45) is 0.688. The number of rotatable bonds is 10. The average Bonchev–Trinajstić information content (AvgIpc) is 2.80. The molecule has 0 spiro atoms. The van der Waals surface area contributed by atoms with Crippen molar-refractivity contribution in [3.05, 3.63) is 41.5 Å². The summed E-state index contributed by atoms with van der Waals surface area (Å²) in [5.41, 5.74) is 2.01. The van der Waals surface area contributed by atoms with Gasteiger partial charge in [-0.05, 0) is 24.1 Å². The van der Waals surface area contributed by atoms with Crippen molar-refractivity contribution in [1.29, 1.82) is 0 Å². The van der Waals surface area contributed by atoms with Crippen LogP contribution in [0.2, 0.25) is 0 Å². The molecule has 0 saturated heterocycles. The predicted octanol–water partition coefficient (Wildman–Crippen LogP) is 2.64. The standard InChI is InChI=1S/C22H31N3O5/c1-23-22(25-14-15-7-8-18(27-3)21(11-15)30-6)24-10-9-17-19(28-4)12-16(26-2)13-20(17)29-5/h7-8,11-13H,9-10,14H2,1-6H3,(H2,23,24,25). The van der Waals surface area contributed by atoms with E-state index in [1.807, 2.05) is 30.3 Å². The average molecular weight is 418 g/mol. The van der Waals surface area contributed by atoms with Crippen LogP contribution < -0.4 is 34.3 Å². The summed E-state index contributed by atoms with van der Waals surface area (Å²) < 4.78 is 26.9. The zero-order chi connectivity index (χ0) is 21.9. The highest BCUT2D eigenvalue weighted by Crippen LogP contribution is 2.34. The van der Waals surface area contributed by atoms with Gasteiger partial charge < -0.3 is 34.3 Å². The van der Waals surface area contributed by atoms with Crippen molar-refractivity contribution < 1.29 is 23.7 Å². The molecule has 8 nitrogen and oxygen atoms in total. The lowest BCUT2D eigenvalue weighted by atomic mass is 10.1. The number of hydrogen-bond acceptors (Lipinski definition) is 6. The molecule has 164 valence electrons. The van der Waals surface area contributed by atoms with Gasteiger partial charge in [0.2, 0.25) is 0 Å². The Balaban J connectivity index is 1.97. The minimum atomic E-state index is 0.592. The van der Waals surface area contributed by atoms with Crippen LogP contribution in [0.3, 0.4) is 0 Å². The molecule has 0 amide bonds. The van der Waals surface area contributed by atoms with Crippen LogP contribution in [-0.4, -0.2) is 55.1 Å². The Morgan fingerprint density at radius 2 is 1.40 bits per heavy atom. The van der Waals surface area contributed by atoms with E-state index in [1.54, 1.807) is 42.6 Å². The molecule has 2 N–H and O–H groups in total. The van der Waals surface area contributed by atoms with Gasteiger partial charge in [0, 0.05) is 37.8 Å². The lowest BCUT2D eigenvalue weighted by Gasteiger charge is -2.17. The number of nitrogens with one attached hydrogen (secondary N) is 2. The van der Waals surface area contributed by atoms with Gasteiger partial charge >= 0.3 is 0 Å². The molecular weight excluding hydrogens is 386 g/mol. The fourth-order valence-corrected chi connectivity index (χ4v) is 3.03. The van der Waals surface area contributed by atoms with E-state index in [9.17, 15) is 0 Å². The Morgan fingerprint density at radius 3 is 1.93 bits per heavy atom. The monoisotopic (exact) mass is 417 g/mol. The molecule has 0 unspecified atom stereocenters. The summed E-state index contributed by atoms with van der Waals surface area (Å²) in [5, 5.41) is 6.61. The highest BCUT2D eigenvalue weighted by atomic mass is 16.5. The van der Waals surface area contributed by atoms with Crippen molar-refractivity contribution in [2.24, 2.45) is 4.99 Å². The second kappa shape index (κ2) is 11.6. The van der Waals surface area contributed by atoms with Crippen LogP contribution in [0.4, 0.5) is 0 Å². The van der Waals surface area contributed by atoms with E-state index < -0.39 is 0 Å². The van der Waals surface area contributed by atoms with Crippen LogP contribution in [0.25, 0.3) is 0 Å². The molecule has 2 aromatic carbocycles. The first-order chi connectivity index (χ1) is 14.6. The maximum absolute atomic E-state index is 5.50. The minimum absolute atomic E-state index is 0.592. The Kier molecular flexibility index (Phi) is 8.93. The van der Waals surface area contributed by atoms with Crippen LogP contribution in [0, 0.1) is 0 Å². The van der Waals surface area contributed by atoms with Crippen molar-refractivity contribution in [2.75, 3.05) is 49.1 Å². The lowest BCUT2D eigenvalue weighted by molar-refractivity contribution is 0.354. The summed E-state index contributed by atoms with van der Waals surface area (Å²) in [7, 11) is 9.86. The van der Waals surface area contributed by atoms with Crippen molar-refractivity contribution >= 4 is 5.96 Å². The van der Waals surface area contributed by atoms with Crippen molar-refractivity contribution in [1.82, 2.24) is 10.6 Å². The molecule has 0 bridgehead atoms. The number of methoxy groups -OCH3 is 5. The Bertz CT molecular complexity index is 830. The van der Waals surface area contributed by atoms with Crippen LogP contribution in [0.15, 0.2) is 35.3 Å². The fourth-order valence-electron chi connectivity index (χ4n) is 3.03. The molecule has 0 aliphatic heterocycles. The molecule has 0 heterocycles. The van der Waals surface area contributed by atoms with Gasteiger partial charge in [-0.2, -0.15) is 0 Å². The number of benzene rings is 2. The Labute approximate surface area is 178 Å². The van der Waals surface area contributed by atoms with Gasteiger partial charge in [0.1, 0.15) is 17.2 Å². The first-order valence-corrected chi connectivity index (χ1v) is 9.54. The summed E-state index contributed by atoms with van der Waals surface area (Å²) >= 11 is 0. The van der Waals surface area contributed by atoms with E-state index in [4.69, 9.17) is 23.7 Å². The topological polar surface area (TPSA) is 82.6 Å². The molecular formula is C22H31N3O5. The van der Waals surface area contributed by atoms with E-state index in [1.165, 1.54) is 0 Å². The van der Waals surface area contributed by atoms with Crippen molar-refractivity contribution in [3.8, 4) is 28.7 Å². The second-order valence-corrected chi connectivity index (χ2v) is 6.30. The Hall–Kier alpha value is -3.29. The van der Waals surface area contributed by atoms with Gasteiger partial charge in [0.05, 0.1) is 35.5 Å². The Morgan fingerprint density at radius 1 is 0.767 bits per heavy atom. The fraction of sp³-hybridized carbons (Fsp3) is 0.409. The molecule has 8 heteroatoms. The van der Waals surface area contributed by atoms with Gasteiger partial charge in [-0.25, -0.2) is 0 Å². The molecule has 0 aliphatic rings. The molecule has 0 saturated carbocycles. The van der Waals surface area contributed by atoms with Crippen LogP contribution in [0.5, 0.6) is 28.7 Å². The zero-order valence-electron chi connectivity index (χ0n) is 18.5. The first kappa shape index (κ1) is 23.0. The second-order valence-electron chi connectivity index (χ2n) is 6.30. The van der Waals surface area contributed by atoms with Crippen LogP contribution in [0.1, 0.15) is 11.1 Å². The highest BCUT2D eigenvalue weighted by molar-refractivity contribution is 5.79. The normalized spacial score (nSPS) is 10.9. The van der Waals surface area contributed by atoms with Gasteiger partial charge in [0.25, 0.3) is 0 Å². The van der Waals surface area contributed by atoms with E-state index in [2.05, 4.69) is 15.6 Å². The van der Waals surface area contributed by atoms with Crippen LogP contribution in [-0.2, 0) is 13.0 Å². The van der Waals surface area contributed by atoms with Crippen LogP contribution >= 0.6 is 0 Å². The largest absolute Gasteiger partial charge is 0.496 e. The molecule has 30 heavy (non-hydrogen) atoms. The molecule has 0 atom stereocenters. The van der Waals surface area contributed by atoms with E-state index in [-0.39, 0.29) is 0 Å². The van der Waals surface area contributed by atoms with Gasteiger partial charge in [-0.15, -0.1) is 0 Å². The minimum Gasteiger partial charge on any atom is -0.496 e. The summed E-state index contributed by atoms with van der Waals surface area (Å²) in [6, 6.07) is 9.50. The lowest BCUT2D eigenvalue weighted by Crippen LogP contribution is -2.37. The van der Waals surface area contributed by atoms with Crippen molar-refractivity contribution in [2.45, 2.75) is 13.0 Å². The van der Waals surface area contributed by atoms with E-state index >= 15 is 0 Å². The quantitative estimate of drug-likeness (QED) is 0.454. The third-order valence-electron chi connectivity index (χ3n) is 4.62. The van der Waals surface area contributed by atoms with Gasteiger partial charge in [-0.1, -0.05) is 6.07 Å². The molecule has 0 radical (unpaired) electrons. The third-order valence-corrected chi connectivity index (χ3v) is 4.62. The first-order valence-electron chi connectivity index (χ1n) is 9.54. The highest BCUT2D eigenvalue weighted by Gasteiger charge is 2.13. The van der Waals surface area contributed by atoms with Crippen molar-refractivity contribution in [3.63, 3.8) is 0 Å². The maximum atomic E-state index is 5.50. The molecule has 0 fully saturated rings. The number of guanidine groups is 1. The summed E-state index contributed by atoms with van der Waals surface area (Å²) in [4.78, 5) is 4.28. The molecule has 0 aliphatic carbocycles. The van der Waals surface area contributed by atoms with E-state index in [0.29, 0.717) is 42.7 Å². The number of hydrogen-bond donors (Lipinski definition) is 2. The SMILES string of the molecule is CN=C(NCCc1c(OC)cc(OC)cc1OC)NCc1ccc(OC)c(OC)c1. The van der Waals surface area contributed by atoms with Gasteiger partial charge in [-0.3, -0.25) is 4.99 Å². The summed E-state index contributed by atoms with van der Waals surface area (Å²) in [5.74, 6) is 4.22. The predicted molar refractivity (Wildman–Crippen MR) is 118 cm³/mol. The number of aliphatic imine (C=N–C) groups is 1. The summed E-state index contributed by atoms with van der Waals surface area (Å²) in [6.45, 7) is 1.24. The third kappa shape index (κ3) is 5.85. The zero-order valence-corrected chi connectivity index (χ0v) is 18.5. The number of ether oxygens (including phenoxy) is 5. The molecule has 2 rings (SSSR count). The van der Waals surface area contributed by atoms with Gasteiger partial charge in [0.15, 0.2) is 17.5 Å². The maximum Gasteiger partial charge on any atom is 0.191 e.